The highest BCUT2D eigenvalue weighted by molar-refractivity contribution is 5.83. The Morgan fingerprint density at radius 3 is 2.44 bits per heavy atom. The van der Waals surface area contributed by atoms with E-state index in [4.69, 9.17) is 0 Å². The molecule has 0 bridgehead atoms. The number of carbonyl (C=O) groups excluding carboxylic acids is 1. The molecule has 1 aromatic carbocycles. The van der Waals surface area contributed by atoms with Crippen LogP contribution in [-0.4, -0.2) is 17.9 Å². The fourth-order valence-corrected chi connectivity index (χ4v) is 1.37. The molecule has 1 atom stereocenters. The van der Waals surface area contributed by atoms with Gasteiger partial charge in [0, 0.05) is 13.0 Å². The summed E-state index contributed by atoms with van der Waals surface area (Å²) >= 11 is 0. The zero-order valence-electron chi connectivity index (χ0n) is 9.34. The molecule has 4 heteroatoms. The monoisotopic (exact) mass is 227 g/mol. The van der Waals surface area contributed by atoms with Crippen molar-refractivity contribution < 1.29 is 13.6 Å². The van der Waals surface area contributed by atoms with Crippen LogP contribution in [0.25, 0.3) is 0 Å². The number of nitrogens with one attached hydrogen (secondary N) is 1. The van der Waals surface area contributed by atoms with E-state index < -0.39 is 11.8 Å². The molecule has 16 heavy (non-hydrogen) atoms. The van der Waals surface area contributed by atoms with Crippen LogP contribution < -0.4 is 5.32 Å². The van der Waals surface area contributed by atoms with Gasteiger partial charge in [0.25, 0.3) is 5.91 Å². The van der Waals surface area contributed by atoms with Gasteiger partial charge in [0.05, 0.1) is 0 Å². The summed E-state index contributed by atoms with van der Waals surface area (Å²) in [4.78, 5) is 11.0. The molecule has 0 saturated carbocycles. The first-order chi connectivity index (χ1) is 7.39. The van der Waals surface area contributed by atoms with E-state index in [0.717, 1.165) is 5.56 Å². The van der Waals surface area contributed by atoms with Crippen molar-refractivity contribution in [3.63, 3.8) is 0 Å². The Hall–Kier alpha value is -1.45. The molecular formula is C12H15F2NO. The van der Waals surface area contributed by atoms with E-state index in [1.165, 1.54) is 0 Å². The minimum absolute atomic E-state index is 0.305. The third kappa shape index (κ3) is 3.96. The summed E-state index contributed by atoms with van der Waals surface area (Å²) in [7, 11) is 0. The molecule has 1 N–H and O–H groups in total. The van der Waals surface area contributed by atoms with Crippen molar-refractivity contribution in [1.82, 2.24) is 5.32 Å². The number of amides is 1. The lowest BCUT2D eigenvalue weighted by Crippen LogP contribution is -2.43. The number of hydrogen-bond donors (Lipinski definition) is 1. The predicted molar refractivity (Wildman–Crippen MR) is 58.4 cm³/mol. The highest BCUT2D eigenvalue weighted by Crippen LogP contribution is 2.12. The number of benzene rings is 1. The molecule has 0 unspecified atom stereocenters. The third-order valence-corrected chi connectivity index (χ3v) is 2.16. The molecule has 0 heterocycles. The average Bonchev–Trinajstić information content (AvgIpc) is 2.17. The van der Waals surface area contributed by atoms with Crippen LogP contribution in [0.5, 0.6) is 0 Å². The van der Waals surface area contributed by atoms with E-state index >= 15 is 0 Å². The molecule has 0 saturated heterocycles. The van der Waals surface area contributed by atoms with Crippen LogP contribution in [0.15, 0.2) is 30.3 Å². The summed E-state index contributed by atoms with van der Waals surface area (Å²) in [5.74, 6) is -4.54. The fraction of sp³-hybridized carbons (Fsp3) is 0.417. The van der Waals surface area contributed by atoms with Gasteiger partial charge >= 0.3 is 5.92 Å². The van der Waals surface area contributed by atoms with E-state index in [9.17, 15) is 13.6 Å². The highest BCUT2D eigenvalue weighted by Gasteiger charge is 2.32. The summed E-state index contributed by atoms with van der Waals surface area (Å²) in [6, 6.07) is 9.11. The molecule has 0 aliphatic rings. The molecule has 1 aromatic rings. The Morgan fingerprint density at radius 2 is 1.94 bits per heavy atom. The summed E-state index contributed by atoms with van der Waals surface area (Å²) in [6.45, 7) is 2.30. The van der Waals surface area contributed by atoms with Crippen LogP contribution in [0.3, 0.4) is 0 Å². The quantitative estimate of drug-likeness (QED) is 0.840. The topological polar surface area (TPSA) is 29.1 Å². The normalized spacial score (nSPS) is 13.2. The van der Waals surface area contributed by atoms with Crippen molar-refractivity contribution in [3.05, 3.63) is 35.9 Å². The Morgan fingerprint density at radius 1 is 1.38 bits per heavy atom. The molecule has 2 nitrogen and oxygen atoms in total. The van der Waals surface area contributed by atoms with Gasteiger partial charge in [-0.2, -0.15) is 8.78 Å². The number of hydrogen-bond acceptors (Lipinski definition) is 1. The second-order valence-corrected chi connectivity index (χ2v) is 3.95. The van der Waals surface area contributed by atoms with Gasteiger partial charge < -0.3 is 5.32 Å². The van der Waals surface area contributed by atoms with Crippen LogP contribution in [0.1, 0.15) is 19.4 Å². The maximum atomic E-state index is 12.6. The number of rotatable bonds is 4. The van der Waals surface area contributed by atoms with Crippen molar-refractivity contribution >= 4 is 5.91 Å². The van der Waals surface area contributed by atoms with Gasteiger partial charge in [0.1, 0.15) is 0 Å². The van der Waals surface area contributed by atoms with Crippen LogP contribution in [0, 0.1) is 0 Å². The number of alkyl halides is 2. The summed E-state index contributed by atoms with van der Waals surface area (Å²) in [5.41, 5.74) is 1.01. The first-order valence-electron chi connectivity index (χ1n) is 5.12. The maximum Gasteiger partial charge on any atom is 0.321 e. The summed E-state index contributed by atoms with van der Waals surface area (Å²) in [5, 5.41) is 2.28. The lowest BCUT2D eigenvalue weighted by Gasteiger charge is -2.17. The molecule has 88 valence electrons. The van der Waals surface area contributed by atoms with Crippen molar-refractivity contribution in [1.29, 1.82) is 0 Å². The second-order valence-electron chi connectivity index (χ2n) is 3.95. The van der Waals surface area contributed by atoms with Crippen LogP contribution >= 0.6 is 0 Å². The Kier molecular flexibility index (Phi) is 3.99. The van der Waals surface area contributed by atoms with E-state index in [0.29, 0.717) is 13.3 Å². The molecule has 0 aliphatic carbocycles. The summed E-state index contributed by atoms with van der Waals surface area (Å²) < 4.78 is 25.2. The van der Waals surface area contributed by atoms with E-state index in [1.807, 2.05) is 30.3 Å². The van der Waals surface area contributed by atoms with Gasteiger partial charge in [0.2, 0.25) is 0 Å². The van der Waals surface area contributed by atoms with E-state index in [-0.39, 0.29) is 6.04 Å². The van der Waals surface area contributed by atoms with Crippen LogP contribution in [-0.2, 0) is 11.2 Å². The standard InChI is InChI=1S/C12H15F2NO/c1-9(15-11(16)12(2,13)14)8-10-6-4-3-5-7-10/h3-7,9H,8H2,1-2H3,(H,15,16)/t9-/m0/s1. The third-order valence-electron chi connectivity index (χ3n) is 2.16. The zero-order valence-corrected chi connectivity index (χ0v) is 9.34. The van der Waals surface area contributed by atoms with E-state index in [1.54, 1.807) is 6.92 Å². The zero-order chi connectivity index (χ0) is 12.2. The van der Waals surface area contributed by atoms with Gasteiger partial charge in [-0.05, 0) is 18.9 Å². The van der Waals surface area contributed by atoms with Gasteiger partial charge in [0.15, 0.2) is 0 Å². The molecule has 1 rings (SSSR count). The molecule has 0 aliphatic heterocycles. The van der Waals surface area contributed by atoms with Crippen LogP contribution in [0.4, 0.5) is 8.78 Å². The largest absolute Gasteiger partial charge is 0.348 e. The van der Waals surface area contributed by atoms with Gasteiger partial charge in [-0.25, -0.2) is 0 Å². The smallest absolute Gasteiger partial charge is 0.321 e. The Bertz CT molecular complexity index is 346. The predicted octanol–water partition coefficient (Wildman–Crippen LogP) is 2.39. The van der Waals surface area contributed by atoms with Crippen LogP contribution in [0.2, 0.25) is 0 Å². The number of halogens is 2. The minimum Gasteiger partial charge on any atom is -0.348 e. The lowest BCUT2D eigenvalue weighted by atomic mass is 10.1. The van der Waals surface area contributed by atoms with Crippen molar-refractivity contribution in [3.8, 4) is 0 Å². The van der Waals surface area contributed by atoms with Gasteiger partial charge in [-0.1, -0.05) is 30.3 Å². The maximum absolute atomic E-state index is 12.6. The molecule has 0 spiro atoms. The van der Waals surface area contributed by atoms with Crippen molar-refractivity contribution in [2.45, 2.75) is 32.2 Å². The highest BCUT2D eigenvalue weighted by atomic mass is 19.3. The second kappa shape index (κ2) is 5.05. The van der Waals surface area contributed by atoms with Gasteiger partial charge in [-0.3, -0.25) is 4.79 Å². The fourth-order valence-electron chi connectivity index (χ4n) is 1.37. The van der Waals surface area contributed by atoms with Crippen molar-refractivity contribution in [2.24, 2.45) is 0 Å². The number of carbonyl (C=O) groups is 1. The first-order valence-corrected chi connectivity index (χ1v) is 5.12. The summed E-state index contributed by atoms with van der Waals surface area (Å²) in [6.07, 6.45) is 0.544. The lowest BCUT2D eigenvalue weighted by molar-refractivity contribution is -0.143. The Balaban J connectivity index is 2.49. The minimum atomic E-state index is -3.31. The Labute approximate surface area is 93.7 Å². The van der Waals surface area contributed by atoms with Crippen molar-refractivity contribution in [2.75, 3.05) is 0 Å². The first kappa shape index (κ1) is 12.6. The average molecular weight is 227 g/mol. The SMILES string of the molecule is C[C@@H](Cc1ccccc1)NC(=O)C(C)(F)F. The molecule has 1 amide bonds. The van der Waals surface area contributed by atoms with Gasteiger partial charge in [-0.15, -0.1) is 0 Å². The molecular weight excluding hydrogens is 212 g/mol. The molecule has 0 aromatic heterocycles. The molecule has 0 fully saturated rings. The molecule has 0 radical (unpaired) electrons. The van der Waals surface area contributed by atoms with E-state index in [2.05, 4.69) is 5.32 Å².